The van der Waals surface area contributed by atoms with Gasteiger partial charge in [-0.25, -0.2) is 0 Å². The van der Waals surface area contributed by atoms with Crippen LogP contribution in [0.15, 0.2) is 36.4 Å². The van der Waals surface area contributed by atoms with Crippen LogP contribution in [0.1, 0.15) is 61.0 Å². The van der Waals surface area contributed by atoms with Gasteiger partial charge in [0.2, 0.25) is 0 Å². The molecule has 0 aliphatic rings. The molecule has 1 N–H and O–H groups in total. The number of benzene rings is 2. The van der Waals surface area contributed by atoms with Crippen LogP contribution in [0.2, 0.25) is 0 Å². The average Bonchev–Trinajstić information content (AvgIpc) is 2.57. The van der Waals surface area contributed by atoms with Crippen molar-refractivity contribution in [1.29, 1.82) is 0 Å². The lowest BCUT2D eigenvalue weighted by Crippen LogP contribution is -2.49. The molecular formula is C25H38N2. The van der Waals surface area contributed by atoms with E-state index in [2.05, 4.69) is 76.9 Å². The summed E-state index contributed by atoms with van der Waals surface area (Å²) < 4.78 is 23.7. The predicted octanol–water partition coefficient (Wildman–Crippen LogP) is 6.66. The number of hydrogen-bond donors (Lipinski definition) is 1. The van der Waals surface area contributed by atoms with Gasteiger partial charge >= 0.3 is 0 Å². The van der Waals surface area contributed by atoms with Crippen LogP contribution >= 0.6 is 0 Å². The van der Waals surface area contributed by atoms with Crippen molar-refractivity contribution in [2.24, 2.45) is 5.41 Å². The quantitative estimate of drug-likeness (QED) is 0.612. The summed E-state index contributed by atoms with van der Waals surface area (Å²) in [7, 11) is 0. The van der Waals surface area contributed by atoms with Crippen LogP contribution in [-0.4, -0.2) is 18.6 Å². The van der Waals surface area contributed by atoms with Gasteiger partial charge < -0.3 is 10.2 Å². The Morgan fingerprint density at radius 3 is 1.89 bits per heavy atom. The van der Waals surface area contributed by atoms with Gasteiger partial charge in [0.15, 0.2) is 0 Å². The highest BCUT2D eigenvalue weighted by Crippen LogP contribution is 2.34. The summed E-state index contributed by atoms with van der Waals surface area (Å²) in [6, 6.07) is 11.9. The molecule has 2 nitrogen and oxygen atoms in total. The molecule has 0 saturated heterocycles. The molecule has 0 aliphatic carbocycles. The standard InChI is InChI=1S/C25H38N2/c1-18-12-10-13-19(2)22(18)26-16-25(8,9)17-27(24(5,6)7)23-20(3)14-11-15-21(23)4/h10-15,26H,16-17H2,1-9H3/i1D3. The fourth-order valence-electron chi connectivity index (χ4n) is 3.60. The molecule has 0 bridgehead atoms. The van der Waals surface area contributed by atoms with E-state index in [1.807, 2.05) is 19.1 Å². The summed E-state index contributed by atoms with van der Waals surface area (Å²) in [4.78, 5) is 2.49. The highest BCUT2D eigenvalue weighted by atomic mass is 15.2. The third-order valence-corrected chi connectivity index (χ3v) is 5.12. The van der Waals surface area contributed by atoms with E-state index in [1.54, 1.807) is 6.07 Å². The van der Waals surface area contributed by atoms with Crippen molar-refractivity contribution in [3.8, 4) is 0 Å². The molecular weight excluding hydrogens is 328 g/mol. The summed E-state index contributed by atoms with van der Waals surface area (Å²) in [5.41, 5.74) is 5.80. The molecule has 0 radical (unpaired) electrons. The van der Waals surface area contributed by atoms with E-state index >= 15 is 0 Å². The fourth-order valence-corrected chi connectivity index (χ4v) is 3.60. The van der Waals surface area contributed by atoms with Crippen LogP contribution in [0.5, 0.6) is 0 Å². The minimum atomic E-state index is -2.13. The smallest absolute Gasteiger partial charge is 0.0430 e. The zero-order valence-corrected chi connectivity index (χ0v) is 18.3. The molecule has 27 heavy (non-hydrogen) atoms. The molecule has 0 aromatic heterocycles. The largest absolute Gasteiger partial charge is 0.384 e. The highest BCUT2D eigenvalue weighted by molar-refractivity contribution is 5.61. The second-order valence-corrected chi connectivity index (χ2v) is 9.51. The number of nitrogens with one attached hydrogen (secondary N) is 1. The highest BCUT2D eigenvalue weighted by Gasteiger charge is 2.30. The molecule has 0 unspecified atom stereocenters. The first-order valence-electron chi connectivity index (χ1n) is 11.3. The Bertz CT molecular complexity index is 857. The molecule has 0 aliphatic heterocycles. The van der Waals surface area contributed by atoms with Gasteiger partial charge in [-0.15, -0.1) is 0 Å². The van der Waals surface area contributed by atoms with Gasteiger partial charge in [-0.2, -0.15) is 0 Å². The molecule has 0 atom stereocenters. The van der Waals surface area contributed by atoms with Crippen molar-refractivity contribution in [2.45, 2.75) is 67.8 Å². The van der Waals surface area contributed by atoms with Gasteiger partial charge in [-0.3, -0.25) is 0 Å². The lowest BCUT2D eigenvalue weighted by atomic mass is 9.88. The Morgan fingerprint density at radius 1 is 0.852 bits per heavy atom. The third-order valence-electron chi connectivity index (χ3n) is 5.12. The van der Waals surface area contributed by atoms with Crippen LogP contribution in [0.4, 0.5) is 11.4 Å². The number of hydrogen-bond acceptors (Lipinski definition) is 2. The topological polar surface area (TPSA) is 15.3 Å². The first kappa shape index (κ1) is 17.2. The third kappa shape index (κ3) is 5.28. The maximum atomic E-state index is 7.88. The second kappa shape index (κ2) is 7.96. The van der Waals surface area contributed by atoms with E-state index in [0.29, 0.717) is 12.1 Å². The lowest BCUT2D eigenvalue weighted by Gasteiger charge is -2.44. The van der Waals surface area contributed by atoms with Crippen molar-refractivity contribution in [3.05, 3.63) is 58.7 Å². The molecule has 2 aromatic rings. The molecule has 0 saturated carbocycles. The Morgan fingerprint density at radius 2 is 1.37 bits per heavy atom. The van der Waals surface area contributed by atoms with Gasteiger partial charge in [0.1, 0.15) is 0 Å². The lowest BCUT2D eigenvalue weighted by molar-refractivity contribution is 0.349. The molecule has 2 heteroatoms. The van der Waals surface area contributed by atoms with Crippen molar-refractivity contribution in [2.75, 3.05) is 23.3 Å². The molecule has 0 fully saturated rings. The molecule has 0 heterocycles. The van der Waals surface area contributed by atoms with Gasteiger partial charge in [0.25, 0.3) is 0 Å². The zero-order chi connectivity index (χ0) is 22.9. The Balaban J connectivity index is 2.32. The van der Waals surface area contributed by atoms with Gasteiger partial charge in [-0.1, -0.05) is 50.2 Å². The number of aryl methyl sites for hydroxylation is 4. The predicted molar refractivity (Wildman–Crippen MR) is 121 cm³/mol. The van der Waals surface area contributed by atoms with E-state index in [1.165, 1.54) is 16.8 Å². The Labute approximate surface area is 171 Å². The van der Waals surface area contributed by atoms with E-state index in [4.69, 9.17) is 4.11 Å². The van der Waals surface area contributed by atoms with Crippen LogP contribution in [0.25, 0.3) is 0 Å². The SMILES string of the molecule is [2H]C([2H])([2H])c1cccc(C)c1NCC(C)(C)CN(c1c(C)cccc1C)C(C)(C)C. The van der Waals surface area contributed by atoms with E-state index in [0.717, 1.165) is 17.8 Å². The molecule has 2 rings (SSSR count). The maximum absolute atomic E-state index is 7.88. The van der Waals surface area contributed by atoms with Gasteiger partial charge in [0.05, 0.1) is 0 Å². The first-order valence-corrected chi connectivity index (χ1v) is 9.81. The van der Waals surface area contributed by atoms with Crippen LogP contribution < -0.4 is 10.2 Å². The number of nitrogens with zero attached hydrogens (tertiary/aromatic N) is 1. The van der Waals surface area contributed by atoms with Gasteiger partial charge in [-0.05, 0) is 76.1 Å². The van der Waals surface area contributed by atoms with Crippen molar-refractivity contribution in [3.63, 3.8) is 0 Å². The van der Waals surface area contributed by atoms with Crippen LogP contribution in [0.3, 0.4) is 0 Å². The van der Waals surface area contributed by atoms with Crippen molar-refractivity contribution in [1.82, 2.24) is 0 Å². The van der Waals surface area contributed by atoms with Crippen LogP contribution in [0, 0.1) is 33.0 Å². The minimum absolute atomic E-state index is 0.0410. The van der Waals surface area contributed by atoms with Crippen LogP contribution in [-0.2, 0) is 0 Å². The molecule has 0 amide bonds. The Kier molecular flexibility index (Phi) is 5.06. The normalized spacial score (nSPS) is 14.3. The van der Waals surface area contributed by atoms with E-state index in [-0.39, 0.29) is 11.0 Å². The second-order valence-electron chi connectivity index (χ2n) is 9.51. The average molecular weight is 370 g/mol. The summed E-state index contributed by atoms with van der Waals surface area (Å²) in [5, 5.41) is 3.48. The van der Waals surface area contributed by atoms with E-state index in [9.17, 15) is 0 Å². The Hall–Kier alpha value is -1.96. The maximum Gasteiger partial charge on any atom is 0.0430 e. The molecule has 0 spiro atoms. The molecule has 2 aromatic carbocycles. The van der Waals surface area contributed by atoms with Crippen molar-refractivity contribution >= 4 is 11.4 Å². The monoisotopic (exact) mass is 369 g/mol. The molecule has 148 valence electrons. The number of rotatable bonds is 6. The van der Waals surface area contributed by atoms with Crippen molar-refractivity contribution < 1.29 is 4.11 Å². The minimum Gasteiger partial charge on any atom is -0.384 e. The number of anilines is 2. The first-order chi connectivity index (χ1) is 13.6. The summed E-state index contributed by atoms with van der Waals surface area (Å²) in [5.74, 6) is 0. The number of para-hydroxylation sites is 2. The zero-order valence-electron chi connectivity index (χ0n) is 21.3. The van der Waals surface area contributed by atoms with Gasteiger partial charge in [0, 0.05) is 34.1 Å². The summed E-state index contributed by atoms with van der Waals surface area (Å²) >= 11 is 0. The fraction of sp³-hybridized carbons (Fsp3) is 0.520. The summed E-state index contributed by atoms with van der Waals surface area (Å²) in [6.07, 6.45) is 0. The van der Waals surface area contributed by atoms with E-state index < -0.39 is 6.85 Å². The summed E-state index contributed by atoms with van der Waals surface area (Å²) in [6.45, 7) is 16.9.